The topological polar surface area (TPSA) is 58.6 Å². The average Bonchev–Trinajstić information content (AvgIpc) is 2.50. The first-order valence-corrected chi connectivity index (χ1v) is 8.25. The number of ether oxygens (including phenoxy) is 1. The van der Waals surface area contributed by atoms with Gasteiger partial charge in [0.15, 0.2) is 0 Å². The summed E-state index contributed by atoms with van der Waals surface area (Å²) in [4.78, 5) is 26.3. The van der Waals surface area contributed by atoms with Gasteiger partial charge in [-0.05, 0) is 37.1 Å². The fraction of sp³-hybridized carbons (Fsp3) is 0.556. The predicted molar refractivity (Wildman–Crippen MR) is 90.4 cm³/mol. The number of carbonyl (C=O) groups excluding carboxylic acids is 2. The molecule has 5 nitrogen and oxygen atoms in total. The molecule has 1 amide bonds. The zero-order chi connectivity index (χ0) is 17.0. The van der Waals surface area contributed by atoms with Crippen LogP contribution < -0.4 is 5.32 Å². The fourth-order valence-corrected chi connectivity index (χ4v) is 2.82. The van der Waals surface area contributed by atoms with Gasteiger partial charge in [0.2, 0.25) is 5.91 Å². The van der Waals surface area contributed by atoms with Crippen LogP contribution >= 0.6 is 0 Å². The van der Waals surface area contributed by atoms with Gasteiger partial charge in [0.25, 0.3) is 0 Å². The lowest BCUT2D eigenvalue weighted by atomic mass is 10.0. The number of amides is 1. The molecule has 126 valence electrons. The molecule has 2 rings (SSSR count). The van der Waals surface area contributed by atoms with Gasteiger partial charge in [0.05, 0.1) is 6.42 Å². The number of nitrogens with one attached hydrogen (secondary N) is 1. The first kappa shape index (κ1) is 17.5. The number of esters is 1. The number of hydrogen-bond donors (Lipinski definition) is 1. The Bertz CT molecular complexity index is 554. The Labute approximate surface area is 138 Å². The van der Waals surface area contributed by atoms with Crippen LogP contribution in [0.3, 0.4) is 0 Å². The minimum absolute atomic E-state index is 0.116. The molecule has 1 aliphatic heterocycles. The zero-order valence-corrected chi connectivity index (χ0v) is 14.3. The SMILES string of the molecule is CCN1C[C@H](C)OC(=O)C1CC(=O)Nc1ccc(C(C)C)cc1. The molecule has 0 bridgehead atoms. The van der Waals surface area contributed by atoms with Crippen LogP contribution in [0.1, 0.15) is 45.6 Å². The summed E-state index contributed by atoms with van der Waals surface area (Å²) >= 11 is 0. The number of cyclic esters (lactones) is 1. The monoisotopic (exact) mass is 318 g/mol. The number of rotatable bonds is 5. The van der Waals surface area contributed by atoms with E-state index in [1.807, 2.05) is 43.0 Å². The fourth-order valence-electron chi connectivity index (χ4n) is 2.82. The molecule has 1 N–H and O–H groups in total. The normalized spacial score (nSPS) is 22.0. The molecule has 0 radical (unpaired) electrons. The van der Waals surface area contributed by atoms with E-state index in [2.05, 4.69) is 19.2 Å². The van der Waals surface area contributed by atoms with E-state index in [0.717, 1.165) is 12.2 Å². The molecule has 0 aromatic heterocycles. The number of nitrogens with zero attached hydrogens (tertiary/aromatic N) is 1. The van der Waals surface area contributed by atoms with Crippen LogP contribution in [-0.2, 0) is 14.3 Å². The molecule has 1 aromatic rings. The Balaban J connectivity index is 1.96. The lowest BCUT2D eigenvalue weighted by Gasteiger charge is -2.36. The van der Waals surface area contributed by atoms with Gasteiger partial charge in [-0.3, -0.25) is 14.5 Å². The first-order chi connectivity index (χ1) is 10.9. The van der Waals surface area contributed by atoms with Crippen molar-refractivity contribution in [1.29, 1.82) is 0 Å². The van der Waals surface area contributed by atoms with Crippen LogP contribution in [0.15, 0.2) is 24.3 Å². The summed E-state index contributed by atoms with van der Waals surface area (Å²) in [5.74, 6) is -0.0231. The van der Waals surface area contributed by atoms with E-state index in [-0.39, 0.29) is 24.4 Å². The Kier molecular flexibility index (Phi) is 5.77. The van der Waals surface area contributed by atoms with Gasteiger partial charge in [0, 0.05) is 12.2 Å². The van der Waals surface area contributed by atoms with Gasteiger partial charge >= 0.3 is 5.97 Å². The van der Waals surface area contributed by atoms with E-state index in [9.17, 15) is 9.59 Å². The number of anilines is 1. The van der Waals surface area contributed by atoms with Crippen molar-refractivity contribution in [2.45, 2.75) is 52.2 Å². The molecule has 1 aliphatic rings. The molecule has 1 saturated heterocycles. The zero-order valence-electron chi connectivity index (χ0n) is 14.3. The van der Waals surface area contributed by atoms with Crippen molar-refractivity contribution in [2.24, 2.45) is 0 Å². The summed E-state index contributed by atoms with van der Waals surface area (Å²) < 4.78 is 5.26. The third-order valence-electron chi connectivity index (χ3n) is 4.17. The first-order valence-electron chi connectivity index (χ1n) is 8.25. The van der Waals surface area contributed by atoms with Crippen molar-refractivity contribution in [1.82, 2.24) is 4.90 Å². The number of likely N-dealkylation sites (N-methyl/N-ethyl adjacent to an activating group) is 1. The van der Waals surface area contributed by atoms with Gasteiger partial charge < -0.3 is 10.1 Å². The van der Waals surface area contributed by atoms with Gasteiger partial charge in [0.1, 0.15) is 12.1 Å². The van der Waals surface area contributed by atoms with E-state index >= 15 is 0 Å². The van der Waals surface area contributed by atoms with E-state index in [0.29, 0.717) is 12.5 Å². The molecule has 1 unspecified atom stereocenters. The van der Waals surface area contributed by atoms with Crippen LogP contribution in [-0.4, -0.2) is 42.0 Å². The quantitative estimate of drug-likeness (QED) is 0.848. The van der Waals surface area contributed by atoms with Gasteiger partial charge in [-0.1, -0.05) is 32.9 Å². The summed E-state index contributed by atoms with van der Waals surface area (Å²) in [7, 11) is 0. The van der Waals surface area contributed by atoms with Gasteiger partial charge in [-0.15, -0.1) is 0 Å². The maximum Gasteiger partial charge on any atom is 0.324 e. The standard InChI is InChI=1S/C18H26N2O3/c1-5-20-11-13(4)23-18(22)16(20)10-17(21)19-15-8-6-14(7-9-15)12(2)3/h6-9,12-13,16H,5,10-11H2,1-4H3,(H,19,21)/t13-,16?/m0/s1. The van der Waals surface area contributed by atoms with Crippen LogP contribution in [0, 0.1) is 0 Å². The third-order valence-corrected chi connectivity index (χ3v) is 4.17. The van der Waals surface area contributed by atoms with Crippen molar-refractivity contribution >= 4 is 17.6 Å². The van der Waals surface area contributed by atoms with Crippen LogP contribution in [0.25, 0.3) is 0 Å². The van der Waals surface area contributed by atoms with E-state index < -0.39 is 6.04 Å². The molecular weight excluding hydrogens is 292 g/mol. The highest BCUT2D eigenvalue weighted by atomic mass is 16.5. The maximum absolute atomic E-state index is 12.2. The van der Waals surface area contributed by atoms with Crippen LogP contribution in [0.4, 0.5) is 5.69 Å². The second kappa shape index (κ2) is 7.59. The second-order valence-electron chi connectivity index (χ2n) is 6.38. The third kappa shape index (κ3) is 4.55. The van der Waals surface area contributed by atoms with Crippen LogP contribution in [0.2, 0.25) is 0 Å². The highest BCUT2D eigenvalue weighted by Crippen LogP contribution is 2.19. The molecule has 2 atom stereocenters. The number of morpholine rings is 1. The number of carbonyl (C=O) groups is 2. The Morgan fingerprint density at radius 1 is 1.35 bits per heavy atom. The average molecular weight is 318 g/mol. The summed E-state index contributed by atoms with van der Waals surface area (Å²) in [6.07, 6.45) is -0.00366. The molecule has 1 fully saturated rings. The van der Waals surface area contributed by atoms with Crippen molar-refractivity contribution in [3.05, 3.63) is 29.8 Å². The molecular formula is C18H26N2O3. The highest BCUT2D eigenvalue weighted by Gasteiger charge is 2.35. The van der Waals surface area contributed by atoms with Crippen molar-refractivity contribution in [3.63, 3.8) is 0 Å². The van der Waals surface area contributed by atoms with E-state index in [1.54, 1.807) is 0 Å². The maximum atomic E-state index is 12.2. The van der Waals surface area contributed by atoms with Crippen LogP contribution in [0.5, 0.6) is 0 Å². The Morgan fingerprint density at radius 2 is 2.00 bits per heavy atom. The van der Waals surface area contributed by atoms with E-state index in [1.165, 1.54) is 5.56 Å². The smallest absolute Gasteiger partial charge is 0.324 e. The van der Waals surface area contributed by atoms with Crippen molar-refractivity contribution < 1.29 is 14.3 Å². The molecule has 1 heterocycles. The molecule has 5 heteroatoms. The molecule has 0 saturated carbocycles. The summed E-state index contributed by atoms with van der Waals surface area (Å²) in [6, 6.07) is 7.31. The summed E-state index contributed by atoms with van der Waals surface area (Å²) in [6.45, 7) is 9.50. The van der Waals surface area contributed by atoms with Gasteiger partial charge in [-0.2, -0.15) is 0 Å². The minimum Gasteiger partial charge on any atom is -0.460 e. The van der Waals surface area contributed by atoms with Crippen molar-refractivity contribution in [3.8, 4) is 0 Å². The molecule has 0 aliphatic carbocycles. The largest absolute Gasteiger partial charge is 0.460 e. The van der Waals surface area contributed by atoms with Gasteiger partial charge in [-0.25, -0.2) is 0 Å². The molecule has 23 heavy (non-hydrogen) atoms. The molecule has 0 spiro atoms. The lowest BCUT2D eigenvalue weighted by molar-refractivity contribution is -0.165. The molecule has 1 aromatic carbocycles. The minimum atomic E-state index is -0.494. The lowest BCUT2D eigenvalue weighted by Crippen LogP contribution is -2.52. The Morgan fingerprint density at radius 3 is 2.57 bits per heavy atom. The summed E-state index contributed by atoms with van der Waals surface area (Å²) in [5.41, 5.74) is 1.98. The Hall–Kier alpha value is -1.88. The summed E-state index contributed by atoms with van der Waals surface area (Å²) in [5, 5.41) is 2.86. The predicted octanol–water partition coefficient (Wildman–Crippen LogP) is 2.77. The van der Waals surface area contributed by atoms with E-state index in [4.69, 9.17) is 4.74 Å². The number of hydrogen-bond acceptors (Lipinski definition) is 4. The van der Waals surface area contributed by atoms with Crippen molar-refractivity contribution in [2.75, 3.05) is 18.4 Å². The number of benzene rings is 1. The second-order valence-corrected chi connectivity index (χ2v) is 6.38. The highest BCUT2D eigenvalue weighted by molar-refractivity contribution is 5.94.